The van der Waals surface area contributed by atoms with Gasteiger partial charge in [0, 0.05) is 32.6 Å². The van der Waals surface area contributed by atoms with Crippen molar-refractivity contribution >= 4 is 11.9 Å². The van der Waals surface area contributed by atoms with Gasteiger partial charge in [0.2, 0.25) is 5.91 Å². The molecular weight excluding hydrogens is 352 g/mol. The summed E-state index contributed by atoms with van der Waals surface area (Å²) in [7, 11) is 0. The lowest BCUT2D eigenvalue weighted by Gasteiger charge is -2.34. The number of aliphatic imine (C=N–C) groups is 1. The minimum Gasteiger partial charge on any atom is -0.494 e. The fourth-order valence-electron chi connectivity index (χ4n) is 3.51. The second-order valence-electron chi connectivity index (χ2n) is 7.46. The summed E-state index contributed by atoms with van der Waals surface area (Å²) in [5.41, 5.74) is 6.64. The van der Waals surface area contributed by atoms with E-state index in [0.29, 0.717) is 12.3 Å². The van der Waals surface area contributed by atoms with E-state index in [9.17, 15) is 4.79 Å². The number of hydrogen-bond acceptors (Lipinski definition) is 3. The fourth-order valence-corrected chi connectivity index (χ4v) is 3.51. The summed E-state index contributed by atoms with van der Waals surface area (Å²) >= 11 is 0. The van der Waals surface area contributed by atoms with E-state index in [1.54, 1.807) is 0 Å². The van der Waals surface area contributed by atoms with Crippen molar-refractivity contribution in [1.82, 2.24) is 10.2 Å². The smallest absolute Gasteiger partial charge is 0.217 e. The average molecular weight is 389 g/mol. The number of amides is 1. The number of piperidine rings is 1. The first-order valence-corrected chi connectivity index (χ1v) is 10.7. The highest BCUT2D eigenvalue weighted by Crippen LogP contribution is 2.19. The number of nitrogens with zero attached hydrogens (tertiary/aromatic N) is 2. The van der Waals surface area contributed by atoms with Crippen molar-refractivity contribution in [3.63, 3.8) is 0 Å². The van der Waals surface area contributed by atoms with Gasteiger partial charge in [-0.1, -0.05) is 25.5 Å². The van der Waals surface area contributed by atoms with E-state index in [-0.39, 0.29) is 5.91 Å². The molecule has 0 saturated carbocycles. The zero-order valence-corrected chi connectivity index (χ0v) is 17.5. The van der Waals surface area contributed by atoms with Crippen LogP contribution in [0, 0.1) is 5.92 Å². The first-order chi connectivity index (χ1) is 13.6. The molecule has 1 aromatic rings. The molecule has 1 atom stereocenters. The van der Waals surface area contributed by atoms with Gasteiger partial charge >= 0.3 is 0 Å². The SMILES string of the molecule is CCCCOc1ccc(CCN=C(NCC)N2CCCC(CC(N)=O)C2)cc1. The van der Waals surface area contributed by atoms with E-state index in [1.165, 1.54) is 5.56 Å². The van der Waals surface area contributed by atoms with Crippen molar-refractivity contribution in [3.8, 4) is 5.75 Å². The van der Waals surface area contributed by atoms with Crippen LogP contribution in [0.4, 0.5) is 0 Å². The van der Waals surface area contributed by atoms with Crippen LogP contribution in [0.15, 0.2) is 29.3 Å². The molecule has 28 heavy (non-hydrogen) atoms. The molecule has 156 valence electrons. The monoisotopic (exact) mass is 388 g/mol. The van der Waals surface area contributed by atoms with Crippen LogP contribution in [-0.2, 0) is 11.2 Å². The molecule has 2 rings (SSSR count). The highest BCUT2D eigenvalue weighted by molar-refractivity contribution is 5.80. The van der Waals surface area contributed by atoms with E-state index in [2.05, 4.69) is 36.2 Å². The maximum absolute atomic E-state index is 11.2. The molecule has 1 amide bonds. The average Bonchev–Trinajstić information content (AvgIpc) is 2.68. The number of likely N-dealkylation sites (tertiary alicyclic amines) is 1. The van der Waals surface area contributed by atoms with Gasteiger partial charge in [0.25, 0.3) is 0 Å². The minimum absolute atomic E-state index is 0.212. The number of unbranched alkanes of at least 4 members (excludes halogenated alkanes) is 1. The number of carbonyl (C=O) groups excluding carboxylic acids is 1. The molecular formula is C22H36N4O2. The molecule has 0 aliphatic carbocycles. The van der Waals surface area contributed by atoms with Gasteiger partial charge in [-0.3, -0.25) is 9.79 Å². The van der Waals surface area contributed by atoms with E-state index in [0.717, 1.165) is 76.6 Å². The summed E-state index contributed by atoms with van der Waals surface area (Å²) in [4.78, 5) is 18.3. The summed E-state index contributed by atoms with van der Waals surface area (Å²) in [5, 5.41) is 3.39. The van der Waals surface area contributed by atoms with Crippen LogP contribution in [0.3, 0.4) is 0 Å². The third-order valence-electron chi connectivity index (χ3n) is 5.00. The number of guanidine groups is 1. The molecule has 6 nitrogen and oxygen atoms in total. The number of carbonyl (C=O) groups is 1. The Balaban J connectivity index is 1.87. The highest BCUT2D eigenvalue weighted by Gasteiger charge is 2.23. The van der Waals surface area contributed by atoms with Crippen molar-refractivity contribution in [2.75, 3.05) is 32.8 Å². The predicted molar refractivity (Wildman–Crippen MR) is 115 cm³/mol. The molecule has 1 saturated heterocycles. The number of nitrogens with one attached hydrogen (secondary N) is 1. The van der Waals surface area contributed by atoms with Gasteiger partial charge in [-0.2, -0.15) is 0 Å². The summed E-state index contributed by atoms with van der Waals surface area (Å²) in [6.45, 7) is 8.41. The van der Waals surface area contributed by atoms with Crippen molar-refractivity contribution in [1.29, 1.82) is 0 Å². The first kappa shape index (κ1) is 22.1. The van der Waals surface area contributed by atoms with Crippen LogP contribution in [0.5, 0.6) is 5.75 Å². The van der Waals surface area contributed by atoms with Crippen LogP contribution in [0.2, 0.25) is 0 Å². The molecule has 3 N–H and O–H groups in total. The summed E-state index contributed by atoms with van der Waals surface area (Å²) < 4.78 is 5.72. The number of ether oxygens (including phenoxy) is 1. The lowest BCUT2D eigenvalue weighted by molar-refractivity contribution is -0.119. The van der Waals surface area contributed by atoms with Gasteiger partial charge in [0.05, 0.1) is 6.61 Å². The van der Waals surface area contributed by atoms with Crippen molar-refractivity contribution < 1.29 is 9.53 Å². The van der Waals surface area contributed by atoms with Crippen molar-refractivity contribution in [2.45, 2.75) is 52.4 Å². The minimum atomic E-state index is -0.212. The van der Waals surface area contributed by atoms with Gasteiger partial charge < -0.3 is 20.7 Å². The Morgan fingerprint density at radius 1 is 1.32 bits per heavy atom. The molecule has 1 aliphatic rings. The largest absolute Gasteiger partial charge is 0.494 e. The second kappa shape index (κ2) is 12.3. The topological polar surface area (TPSA) is 79.9 Å². The van der Waals surface area contributed by atoms with E-state index in [4.69, 9.17) is 15.5 Å². The Hall–Kier alpha value is -2.24. The lowest BCUT2D eigenvalue weighted by Crippen LogP contribution is -2.47. The Bertz CT molecular complexity index is 615. The number of primary amides is 1. The highest BCUT2D eigenvalue weighted by atomic mass is 16.5. The third kappa shape index (κ3) is 7.79. The zero-order valence-electron chi connectivity index (χ0n) is 17.5. The standard InChI is InChI=1S/C22H36N4O2/c1-3-5-15-28-20-10-8-18(9-11-20)12-13-25-22(24-4-2)26-14-6-7-19(17-26)16-21(23)27/h8-11,19H,3-7,12-17H2,1-2H3,(H2,23,27)(H,24,25). The van der Waals surface area contributed by atoms with E-state index < -0.39 is 0 Å². The fraction of sp³-hybridized carbons (Fsp3) is 0.636. The summed E-state index contributed by atoms with van der Waals surface area (Å²) in [6.07, 6.45) is 5.71. The number of nitrogens with two attached hydrogens (primary N) is 1. The van der Waals surface area contributed by atoms with Crippen LogP contribution in [0.25, 0.3) is 0 Å². The van der Waals surface area contributed by atoms with Gasteiger partial charge in [-0.15, -0.1) is 0 Å². The third-order valence-corrected chi connectivity index (χ3v) is 5.00. The van der Waals surface area contributed by atoms with Gasteiger partial charge in [-0.05, 0) is 56.2 Å². The normalized spacial score (nSPS) is 17.4. The van der Waals surface area contributed by atoms with Crippen molar-refractivity contribution in [2.24, 2.45) is 16.6 Å². The number of rotatable bonds is 10. The Kier molecular flexibility index (Phi) is 9.66. The van der Waals surface area contributed by atoms with Gasteiger partial charge in [0.1, 0.15) is 5.75 Å². The molecule has 1 unspecified atom stereocenters. The van der Waals surface area contributed by atoms with Crippen LogP contribution in [0.1, 0.15) is 51.5 Å². The molecule has 1 aliphatic heterocycles. The maximum atomic E-state index is 11.2. The Morgan fingerprint density at radius 2 is 2.11 bits per heavy atom. The molecule has 1 aromatic carbocycles. The molecule has 1 heterocycles. The predicted octanol–water partition coefficient (Wildman–Crippen LogP) is 2.96. The van der Waals surface area contributed by atoms with Crippen LogP contribution < -0.4 is 15.8 Å². The summed E-state index contributed by atoms with van der Waals surface area (Å²) in [5.74, 6) is 1.99. The zero-order chi connectivity index (χ0) is 20.2. The lowest BCUT2D eigenvalue weighted by atomic mass is 9.95. The Labute approximate surface area is 169 Å². The quantitative estimate of drug-likeness (QED) is 0.367. The molecule has 6 heteroatoms. The van der Waals surface area contributed by atoms with Crippen LogP contribution >= 0.6 is 0 Å². The first-order valence-electron chi connectivity index (χ1n) is 10.7. The summed E-state index contributed by atoms with van der Waals surface area (Å²) in [6, 6.07) is 8.32. The molecule has 0 radical (unpaired) electrons. The second-order valence-corrected chi connectivity index (χ2v) is 7.46. The van der Waals surface area contributed by atoms with E-state index in [1.807, 2.05) is 12.1 Å². The Morgan fingerprint density at radius 3 is 2.79 bits per heavy atom. The van der Waals surface area contributed by atoms with E-state index >= 15 is 0 Å². The molecule has 0 spiro atoms. The number of benzene rings is 1. The molecule has 0 bridgehead atoms. The maximum Gasteiger partial charge on any atom is 0.217 e. The number of hydrogen-bond donors (Lipinski definition) is 2. The van der Waals surface area contributed by atoms with Crippen LogP contribution in [-0.4, -0.2) is 49.6 Å². The van der Waals surface area contributed by atoms with Gasteiger partial charge in [-0.25, -0.2) is 0 Å². The van der Waals surface area contributed by atoms with Gasteiger partial charge in [0.15, 0.2) is 5.96 Å². The van der Waals surface area contributed by atoms with Crippen molar-refractivity contribution in [3.05, 3.63) is 29.8 Å². The molecule has 0 aromatic heterocycles. The molecule has 1 fully saturated rings.